The van der Waals surface area contributed by atoms with E-state index < -0.39 is 0 Å². The van der Waals surface area contributed by atoms with E-state index in [1.165, 1.54) is 5.56 Å². The minimum Gasteiger partial charge on any atom is -0.354 e. The average Bonchev–Trinajstić information content (AvgIpc) is 3.57. The van der Waals surface area contributed by atoms with Gasteiger partial charge in [-0.05, 0) is 38.3 Å². The first-order valence-electron chi connectivity index (χ1n) is 11.4. The second-order valence-electron chi connectivity index (χ2n) is 9.13. The van der Waals surface area contributed by atoms with Crippen molar-refractivity contribution in [2.45, 2.75) is 46.0 Å². The highest BCUT2D eigenvalue weighted by atomic mass is 16.2. The summed E-state index contributed by atoms with van der Waals surface area (Å²) in [5, 5.41) is 5.66. The Bertz CT molecular complexity index is 1100. The zero-order valence-corrected chi connectivity index (χ0v) is 18.6. The van der Waals surface area contributed by atoms with Crippen LogP contribution in [0.15, 0.2) is 30.5 Å². The normalized spacial score (nSPS) is 17.4. The van der Waals surface area contributed by atoms with Crippen LogP contribution < -0.4 is 4.90 Å². The van der Waals surface area contributed by atoms with Gasteiger partial charge in [0, 0.05) is 38.0 Å². The summed E-state index contributed by atoms with van der Waals surface area (Å²) < 4.78 is 1.93. The Morgan fingerprint density at radius 3 is 2.52 bits per heavy atom. The van der Waals surface area contributed by atoms with Gasteiger partial charge in [-0.25, -0.2) is 14.6 Å². The van der Waals surface area contributed by atoms with Crippen LogP contribution in [0.1, 0.15) is 50.4 Å². The number of aryl methyl sites for hydroxylation is 1. The van der Waals surface area contributed by atoms with Crippen molar-refractivity contribution in [3.63, 3.8) is 0 Å². The molecule has 3 heterocycles. The molecule has 2 aromatic heterocycles. The van der Waals surface area contributed by atoms with Gasteiger partial charge < -0.3 is 9.80 Å². The van der Waals surface area contributed by atoms with Crippen molar-refractivity contribution in [2.24, 2.45) is 5.92 Å². The first kappa shape index (κ1) is 20.0. The highest BCUT2D eigenvalue weighted by Crippen LogP contribution is 2.40. The van der Waals surface area contributed by atoms with Gasteiger partial charge in [0.2, 0.25) is 5.91 Å². The lowest BCUT2D eigenvalue weighted by atomic mass is 10.2. The standard InChI is InChI=1S/C24H30N6O/c1-16(2)24(31)29-12-4-11-28(13-14-29)22-20-15-25-30(19-9-5-17(3)6-10-19)23(20)27-21(26-22)18-7-8-18/h5-6,9-10,15-16,18H,4,7-8,11-14H2,1-3H3. The third kappa shape index (κ3) is 3.89. The third-order valence-corrected chi connectivity index (χ3v) is 6.25. The summed E-state index contributed by atoms with van der Waals surface area (Å²) in [6.07, 6.45) is 5.14. The molecule has 1 amide bonds. The molecule has 0 atom stereocenters. The molecule has 5 rings (SSSR count). The number of hydrogen-bond acceptors (Lipinski definition) is 5. The van der Waals surface area contributed by atoms with E-state index in [0.29, 0.717) is 5.92 Å². The first-order valence-corrected chi connectivity index (χ1v) is 11.4. The van der Waals surface area contributed by atoms with E-state index in [2.05, 4.69) is 41.2 Å². The maximum atomic E-state index is 12.5. The highest BCUT2D eigenvalue weighted by molar-refractivity contribution is 5.88. The van der Waals surface area contributed by atoms with Crippen LogP contribution in [0.2, 0.25) is 0 Å². The summed E-state index contributed by atoms with van der Waals surface area (Å²) in [6, 6.07) is 8.37. The van der Waals surface area contributed by atoms with Gasteiger partial charge in [-0.2, -0.15) is 5.10 Å². The lowest BCUT2D eigenvalue weighted by molar-refractivity contribution is -0.134. The molecule has 1 aliphatic carbocycles. The molecule has 162 valence electrons. The predicted molar refractivity (Wildman–Crippen MR) is 122 cm³/mol. The van der Waals surface area contributed by atoms with Gasteiger partial charge in [-0.3, -0.25) is 4.79 Å². The molecule has 0 bridgehead atoms. The molecule has 31 heavy (non-hydrogen) atoms. The van der Waals surface area contributed by atoms with E-state index in [0.717, 1.165) is 73.8 Å². The summed E-state index contributed by atoms with van der Waals surface area (Å²) in [5.41, 5.74) is 3.10. The number of hydrogen-bond donors (Lipinski definition) is 0. The predicted octanol–water partition coefficient (Wildman–Crippen LogP) is 3.70. The molecule has 7 nitrogen and oxygen atoms in total. The Labute approximate surface area is 183 Å². The molecule has 1 saturated carbocycles. The van der Waals surface area contributed by atoms with Crippen molar-refractivity contribution in [3.05, 3.63) is 41.9 Å². The van der Waals surface area contributed by atoms with Gasteiger partial charge in [-0.15, -0.1) is 0 Å². The minimum atomic E-state index is 0.0338. The molecule has 0 spiro atoms. The Balaban J connectivity index is 1.52. The van der Waals surface area contributed by atoms with Crippen LogP contribution in [0.3, 0.4) is 0 Å². The summed E-state index contributed by atoms with van der Waals surface area (Å²) in [6.45, 7) is 9.23. The zero-order valence-electron chi connectivity index (χ0n) is 18.6. The monoisotopic (exact) mass is 418 g/mol. The smallest absolute Gasteiger partial charge is 0.225 e. The second kappa shape index (κ2) is 7.94. The zero-order chi connectivity index (χ0) is 21.5. The number of carbonyl (C=O) groups is 1. The molecule has 2 fully saturated rings. The number of aromatic nitrogens is 4. The van der Waals surface area contributed by atoms with Gasteiger partial charge in [0.05, 0.1) is 17.3 Å². The molecular formula is C24H30N6O. The minimum absolute atomic E-state index is 0.0338. The summed E-state index contributed by atoms with van der Waals surface area (Å²) >= 11 is 0. The van der Waals surface area contributed by atoms with E-state index in [9.17, 15) is 4.79 Å². The molecule has 3 aromatic rings. The second-order valence-corrected chi connectivity index (χ2v) is 9.13. The maximum Gasteiger partial charge on any atom is 0.225 e. The van der Waals surface area contributed by atoms with Crippen LogP contribution in [-0.2, 0) is 4.79 Å². The van der Waals surface area contributed by atoms with Crippen LogP contribution in [-0.4, -0.2) is 56.7 Å². The average molecular weight is 419 g/mol. The van der Waals surface area contributed by atoms with Gasteiger partial charge >= 0.3 is 0 Å². The molecule has 1 aliphatic heterocycles. The number of nitrogens with zero attached hydrogens (tertiary/aromatic N) is 6. The van der Waals surface area contributed by atoms with Gasteiger partial charge in [0.1, 0.15) is 11.6 Å². The van der Waals surface area contributed by atoms with Crippen molar-refractivity contribution in [2.75, 3.05) is 31.1 Å². The SMILES string of the molecule is Cc1ccc(-n2ncc3c(N4CCCN(C(=O)C(C)C)CC4)nc(C4CC4)nc32)cc1. The Kier molecular flexibility index (Phi) is 5.12. The fourth-order valence-corrected chi connectivity index (χ4v) is 4.26. The first-order chi connectivity index (χ1) is 15.0. The molecule has 0 unspecified atom stereocenters. The third-order valence-electron chi connectivity index (χ3n) is 6.25. The van der Waals surface area contributed by atoms with Crippen LogP contribution in [0.4, 0.5) is 5.82 Å². The molecule has 1 aromatic carbocycles. The number of fused-ring (bicyclic) bond motifs is 1. The molecular weight excluding hydrogens is 388 g/mol. The number of anilines is 1. The van der Waals surface area contributed by atoms with Gasteiger partial charge in [-0.1, -0.05) is 31.5 Å². The molecule has 2 aliphatic rings. The van der Waals surface area contributed by atoms with Crippen molar-refractivity contribution >= 4 is 22.8 Å². The van der Waals surface area contributed by atoms with E-state index in [1.807, 2.05) is 29.6 Å². The largest absolute Gasteiger partial charge is 0.354 e. The quantitative estimate of drug-likeness (QED) is 0.646. The van der Waals surface area contributed by atoms with E-state index in [-0.39, 0.29) is 11.8 Å². The van der Waals surface area contributed by atoms with Crippen LogP contribution >= 0.6 is 0 Å². The van der Waals surface area contributed by atoms with Gasteiger partial charge in [0.25, 0.3) is 0 Å². The van der Waals surface area contributed by atoms with Crippen LogP contribution in [0.25, 0.3) is 16.7 Å². The van der Waals surface area contributed by atoms with Crippen molar-refractivity contribution in [1.29, 1.82) is 0 Å². The fraction of sp³-hybridized carbons (Fsp3) is 0.500. The molecule has 1 saturated heterocycles. The fourth-order valence-electron chi connectivity index (χ4n) is 4.26. The Morgan fingerprint density at radius 2 is 1.81 bits per heavy atom. The Hall–Kier alpha value is -2.96. The topological polar surface area (TPSA) is 67.2 Å². The summed E-state index contributed by atoms with van der Waals surface area (Å²) in [5.74, 6) is 2.61. The Morgan fingerprint density at radius 1 is 1.03 bits per heavy atom. The van der Waals surface area contributed by atoms with E-state index in [1.54, 1.807) is 0 Å². The van der Waals surface area contributed by atoms with Crippen molar-refractivity contribution in [1.82, 2.24) is 24.6 Å². The summed E-state index contributed by atoms with van der Waals surface area (Å²) in [7, 11) is 0. The van der Waals surface area contributed by atoms with Crippen LogP contribution in [0.5, 0.6) is 0 Å². The maximum absolute atomic E-state index is 12.5. The lowest BCUT2D eigenvalue weighted by Gasteiger charge is -2.24. The number of benzene rings is 1. The van der Waals surface area contributed by atoms with Crippen molar-refractivity contribution in [3.8, 4) is 5.69 Å². The lowest BCUT2D eigenvalue weighted by Crippen LogP contribution is -2.37. The molecule has 0 N–H and O–H groups in total. The van der Waals surface area contributed by atoms with Gasteiger partial charge in [0.15, 0.2) is 5.65 Å². The van der Waals surface area contributed by atoms with E-state index >= 15 is 0 Å². The number of amides is 1. The molecule has 7 heteroatoms. The number of rotatable bonds is 4. The number of carbonyl (C=O) groups excluding carboxylic acids is 1. The highest BCUT2D eigenvalue weighted by Gasteiger charge is 2.30. The summed E-state index contributed by atoms with van der Waals surface area (Å²) in [4.78, 5) is 26.8. The van der Waals surface area contributed by atoms with E-state index in [4.69, 9.17) is 9.97 Å². The molecule has 0 radical (unpaired) electrons. The van der Waals surface area contributed by atoms with Crippen molar-refractivity contribution < 1.29 is 4.79 Å². The van der Waals surface area contributed by atoms with Crippen LogP contribution in [0, 0.1) is 12.8 Å².